The summed E-state index contributed by atoms with van der Waals surface area (Å²) in [7, 11) is 3.10. The molecule has 1 aromatic heterocycles. The summed E-state index contributed by atoms with van der Waals surface area (Å²) < 4.78 is 10.5. The van der Waals surface area contributed by atoms with Gasteiger partial charge in [-0.15, -0.1) is 0 Å². The summed E-state index contributed by atoms with van der Waals surface area (Å²) in [6.07, 6.45) is 1.57. The number of carbonyl (C=O) groups is 1. The molecule has 0 atom stereocenters. The highest BCUT2D eigenvalue weighted by atomic mass is 35.5. The minimum absolute atomic E-state index is 0.281. The molecular formula is C21H20ClN3O3. The van der Waals surface area contributed by atoms with Gasteiger partial charge >= 0.3 is 0 Å². The number of pyridine rings is 1. The van der Waals surface area contributed by atoms with Crippen LogP contribution in [0.3, 0.4) is 0 Å². The monoisotopic (exact) mass is 397 g/mol. The van der Waals surface area contributed by atoms with Crippen molar-refractivity contribution in [3.8, 4) is 11.5 Å². The molecule has 0 bridgehead atoms. The van der Waals surface area contributed by atoms with Crippen molar-refractivity contribution in [2.45, 2.75) is 6.92 Å². The zero-order valence-corrected chi connectivity index (χ0v) is 16.5. The van der Waals surface area contributed by atoms with Gasteiger partial charge in [0.15, 0.2) is 0 Å². The van der Waals surface area contributed by atoms with E-state index in [9.17, 15) is 4.79 Å². The van der Waals surface area contributed by atoms with Crippen molar-refractivity contribution in [1.29, 1.82) is 0 Å². The van der Waals surface area contributed by atoms with E-state index in [1.165, 1.54) is 7.11 Å². The lowest BCUT2D eigenvalue weighted by Crippen LogP contribution is -2.13. The van der Waals surface area contributed by atoms with Crippen LogP contribution in [-0.2, 0) is 0 Å². The third-order valence-corrected chi connectivity index (χ3v) is 4.38. The average Bonchev–Trinajstić information content (AvgIpc) is 2.71. The summed E-state index contributed by atoms with van der Waals surface area (Å²) >= 11 is 6.06. The molecule has 0 saturated carbocycles. The smallest absolute Gasteiger partial charge is 0.255 e. The maximum atomic E-state index is 12.7. The summed E-state index contributed by atoms with van der Waals surface area (Å²) in [6.45, 7) is 1.96. The number of ether oxygens (including phenoxy) is 2. The van der Waals surface area contributed by atoms with Crippen LogP contribution in [0.4, 0.5) is 17.2 Å². The second kappa shape index (κ2) is 8.63. The first kappa shape index (κ1) is 19.5. The first-order chi connectivity index (χ1) is 13.5. The highest BCUT2D eigenvalue weighted by molar-refractivity contribution is 6.30. The summed E-state index contributed by atoms with van der Waals surface area (Å²) in [5.41, 5.74) is 2.85. The number of aryl methyl sites for hydroxylation is 1. The van der Waals surface area contributed by atoms with E-state index in [2.05, 4.69) is 15.6 Å². The number of methoxy groups -OCH3 is 2. The van der Waals surface area contributed by atoms with Crippen LogP contribution in [0.15, 0.2) is 54.7 Å². The number of rotatable bonds is 6. The van der Waals surface area contributed by atoms with Gasteiger partial charge in [0.1, 0.15) is 17.3 Å². The predicted octanol–water partition coefficient (Wildman–Crippen LogP) is 5.06. The Kier molecular flexibility index (Phi) is 6.01. The molecule has 0 aliphatic heterocycles. The van der Waals surface area contributed by atoms with Gasteiger partial charge in [0.2, 0.25) is 0 Å². The third-order valence-electron chi connectivity index (χ3n) is 4.14. The molecule has 1 heterocycles. The lowest BCUT2D eigenvalue weighted by molar-refractivity contribution is 0.102. The van der Waals surface area contributed by atoms with Crippen LogP contribution in [0.2, 0.25) is 5.02 Å². The summed E-state index contributed by atoms with van der Waals surface area (Å²) in [5, 5.41) is 6.66. The zero-order chi connectivity index (χ0) is 20.1. The average molecular weight is 398 g/mol. The third kappa shape index (κ3) is 4.53. The highest BCUT2D eigenvalue weighted by Gasteiger charge is 2.12. The van der Waals surface area contributed by atoms with Crippen LogP contribution >= 0.6 is 11.6 Å². The zero-order valence-electron chi connectivity index (χ0n) is 15.7. The molecular weight excluding hydrogens is 378 g/mol. The molecule has 0 fully saturated rings. The number of amides is 1. The van der Waals surface area contributed by atoms with E-state index in [4.69, 9.17) is 21.1 Å². The Balaban J connectivity index is 1.80. The standard InChI is InChI=1S/C21H20ClN3O3/c1-13-4-5-15(22)11-18(13)24-20-10-14(8-9-23-20)21(26)25-17-7-6-16(27-2)12-19(17)28-3/h4-12H,1-3H3,(H,23,24)(H,25,26). The van der Waals surface area contributed by atoms with Crippen LogP contribution in [0.5, 0.6) is 11.5 Å². The molecule has 2 aromatic carbocycles. The first-order valence-electron chi connectivity index (χ1n) is 8.53. The molecule has 28 heavy (non-hydrogen) atoms. The van der Waals surface area contributed by atoms with Crippen LogP contribution in [0.25, 0.3) is 0 Å². The van der Waals surface area contributed by atoms with Crippen molar-refractivity contribution >= 4 is 34.7 Å². The van der Waals surface area contributed by atoms with Gasteiger partial charge in [0, 0.05) is 28.5 Å². The number of anilines is 3. The first-order valence-corrected chi connectivity index (χ1v) is 8.90. The number of nitrogens with zero attached hydrogens (tertiary/aromatic N) is 1. The van der Waals surface area contributed by atoms with Gasteiger partial charge in [-0.2, -0.15) is 0 Å². The fourth-order valence-electron chi connectivity index (χ4n) is 2.60. The van der Waals surface area contributed by atoms with Gasteiger partial charge in [-0.05, 0) is 48.9 Å². The fraction of sp³-hybridized carbons (Fsp3) is 0.143. The van der Waals surface area contributed by atoms with Crippen molar-refractivity contribution in [3.63, 3.8) is 0 Å². The maximum Gasteiger partial charge on any atom is 0.255 e. The van der Waals surface area contributed by atoms with Gasteiger partial charge in [-0.1, -0.05) is 17.7 Å². The Morgan fingerprint density at radius 3 is 2.57 bits per heavy atom. The molecule has 2 N–H and O–H groups in total. The van der Waals surface area contributed by atoms with Crippen molar-refractivity contribution in [1.82, 2.24) is 4.98 Å². The van der Waals surface area contributed by atoms with E-state index < -0.39 is 0 Å². The number of hydrogen-bond donors (Lipinski definition) is 2. The van der Waals surface area contributed by atoms with Gasteiger partial charge in [-0.3, -0.25) is 4.79 Å². The van der Waals surface area contributed by atoms with Crippen molar-refractivity contribution in [2.75, 3.05) is 24.9 Å². The Hall–Kier alpha value is -3.25. The van der Waals surface area contributed by atoms with E-state index in [1.54, 1.807) is 43.6 Å². The van der Waals surface area contributed by atoms with E-state index in [1.807, 2.05) is 25.1 Å². The Labute approximate surface area is 168 Å². The fourth-order valence-corrected chi connectivity index (χ4v) is 2.78. The van der Waals surface area contributed by atoms with Crippen molar-refractivity contribution < 1.29 is 14.3 Å². The second-order valence-corrected chi connectivity index (χ2v) is 6.47. The number of nitrogens with one attached hydrogen (secondary N) is 2. The lowest BCUT2D eigenvalue weighted by Gasteiger charge is -2.13. The number of aromatic nitrogens is 1. The van der Waals surface area contributed by atoms with E-state index in [0.717, 1.165) is 11.3 Å². The Bertz CT molecular complexity index is 1010. The predicted molar refractivity (Wildman–Crippen MR) is 111 cm³/mol. The van der Waals surface area contributed by atoms with Gasteiger partial charge in [-0.25, -0.2) is 4.98 Å². The quantitative estimate of drug-likeness (QED) is 0.608. The minimum atomic E-state index is -0.281. The molecule has 0 saturated heterocycles. The second-order valence-electron chi connectivity index (χ2n) is 6.03. The molecule has 0 aliphatic rings. The number of carbonyl (C=O) groups excluding carboxylic acids is 1. The van der Waals surface area contributed by atoms with Crippen LogP contribution in [-0.4, -0.2) is 25.1 Å². The van der Waals surface area contributed by atoms with Crippen molar-refractivity contribution in [2.24, 2.45) is 0 Å². The van der Waals surface area contributed by atoms with Crippen LogP contribution < -0.4 is 20.1 Å². The lowest BCUT2D eigenvalue weighted by atomic mass is 10.2. The minimum Gasteiger partial charge on any atom is -0.497 e. The summed E-state index contributed by atoms with van der Waals surface area (Å²) in [6, 6.07) is 14.0. The molecule has 144 valence electrons. The molecule has 1 amide bonds. The maximum absolute atomic E-state index is 12.7. The molecule has 3 rings (SSSR count). The van der Waals surface area contributed by atoms with Crippen molar-refractivity contribution in [3.05, 3.63) is 70.9 Å². The van der Waals surface area contributed by atoms with E-state index in [-0.39, 0.29) is 5.91 Å². The molecule has 0 radical (unpaired) electrons. The Morgan fingerprint density at radius 1 is 1.00 bits per heavy atom. The van der Waals surface area contributed by atoms with E-state index >= 15 is 0 Å². The topological polar surface area (TPSA) is 72.5 Å². The largest absolute Gasteiger partial charge is 0.497 e. The van der Waals surface area contributed by atoms with Crippen LogP contribution in [0, 0.1) is 6.92 Å². The number of benzene rings is 2. The Morgan fingerprint density at radius 2 is 1.82 bits per heavy atom. The molecule has 6 nitrogen and oxygen atoms in total. The number of hydrogen-bond acceptors (Lipinski definition) is 5. The number of halogens is 1. The van der Waals surface area contributed by atoms with Gasteiger partial charge in [0.05, 0.1) is 19.9 Å². The molecule has 3 aromatic rings. The summed E-state index contributed by atoms with van der Waals surface area (Å²) in [4.78, 5) is 17.0. The molecule has 0 unspecified atom stereocenters. The van der Waals surface area contributed by atoms with E-state index in [0.29, 0.717) is 33.6 Å². The van der Waals surface area contributed by atoms with Crippen LogP contribution in [0.1, 0.15) is 15.9 Å². The summed E-state index contributed by atoms with van der Waals surface area (Å²) in [5.74, 6) is 1.41. The van der Waals surface area contributed by atoms with Gasteiger partial charge in [0.25, 0.3) is 5.91 Å². The highest BCUT2D eigenvalue weighted by Crippen LogP contribution is 2.29. The molecule has 7 heteroatoms. The van der Waals surface area contributed by atoms with Gasteiger partial charge < -0.3 is 20.1 Å². The molecule has 0 spiro atoms. The normalized spacial score (nSPS) is 10.3. The SMILES string of the molecule is COc1ccc(NC(=O)c2ccnc(Nc3cc(Cl)ccc3C)c2)c(OC)c1. The molecule has 0 aliphatic carbocycles.